The van der Waals surface area contributed by atoms with Crippen molar-refractivity contribution in [1.29, 1.82) is 5.26 Å². The van der Waals surface area contributed by atoms with E-state index < -0.39 is 12.0 Å². The van der Waals surface area contributed by atoms with E-state index in [9.17, 15) is 9.59 Å². The van der Waals surface area contributed by atoms with Gasteiger partial charge in [0.25, 0.3) is 0 Å². The maximum Gasteiger partial charge on any atom is 0.324 e. The van der Waals surface area contributed by atoms with E-state index in [1.54, 1.807) is 35.1 Å². The number of nitrogens with one attached hydrogen (secondary N) is 2. The van der Waals surface area contributed by atoms with Crippen LogP contribution in [0.25, 0.3) is 0 Å². The van der Waals surface area contributed by atoms with Crippen molar-refractivity contribution in [2.45, 2.75) is 25.8 Å². The van der Waals surface area contributed by atoms with E-state index in [4.69, 9.17) is 10.4 Å². The van der Waals surface area contributed by atoms with Crippen LogP contribution in [0.5, 0.6) is 0 Å². The van der Waals surface area contributed by atoms with E-state index in [-0.39, 0.29) is 6.42 Å². The molecule has 24 heavy (non-hydrogen) atoms. The zero-order valence-electron chi connectivity index (χ0n) is 12.9. The second-order valence-corrected chi connectivity index (χ2v) is 5.05. The molecule has 1 heterocycles. The number of aryl methyl sites for hydroxylation is 2. The largest absolute Gasteiger partial charge is 0.481 e. The van der Waals surface area contributed by atoms with Crippen molar-refractivity contribution >= 4 is 23.5 Å². The predicted molar refractivity (Wildman–Crippen MR) is 87.5 cm³/mol. The number of carbonyl (C=O) groups excluding carboxylic acids is 1. The summed E-state index contributed by atoms with van der Waals surface area (Å²) in [5, 5.41) is 26.6. The molecule has 2 aromatic rings. The maximum absolute atomic E-state index is 12.0. The number of benzene rings is 1. The van der Waals surface area contributed by atoms with Crippen molar-refractivity contribution in [3.63, 3.8) is 0 Å². The molecule has 0 aliphatic carbocycles. The van der Waals surface area contributed by atoms with Crippen LogP contribution in [0.1, 0.15) is 18.4 Å². The molecule has 124 valence electrons. The Morgan fingerprint density at radius 1 is 1.29 bits per heavy atom. The Bertz CT molecular complexity index is 763. The molecule has 0 aliphatic rings. The summed E-state index contributed by atoms with van der Waals surface area (Å²) in [5.41, 5.74) is 1.40. The molecule has 0 radical (unpaired) electrons. The fraction of sp³-hybridized carbons (Fsp3) is 0.250. The van der Waals surface area contributed by atoms with Gasteiger partial charge in [0.05, 0.1) is 19.0 Å². The molecule has 0 spiro atoms. The zero-order chi connectivity index (χ0) is 17.4. The number of hydrogen-bond acceptors (Lipinski definition) is 4. The van der Waals surface area contributed by atoms with E-state index in [0.29, 0.717) is 30.9 Å². The summed E-state index contributed by atoms with van der Waals surface area (Å²) < 4.78 is 1.57. The van der Waals surface area contributed by atoms with Gasteiger partial charge in [0.15, 0.2) is 5.82 Å². The number of aromatic nitrogens is 2. The molecular formula is C16H17N5O3. The number of carboxylic acids is 1. The van der Waals surface area contributed by atoms with Gasteiger partial charge in [-0.15, -0.1) is 0 Å². The Morgan fingerprint density at radius 3 is 2.88 bits per heavy atom. The van der Waals surface area contributed by atoms with Gasteiger partial charge in [-0.1, -0.05) is 12.1 Å². The average Bonchev–Trinajstić information content (AvgIpc) is 2.98. The molecule has 8 heteroatoms. The van der Waals surface area contributed by atoms with E-state index in [1.165, 1.54) is 0 Å². The number of aliphatic carboxylic acids is 1. The second-order valence-electron chi connectivity index (χ2n) is 5.05. The van der Waals surface area contributed by atoms with Gasteiger partial charge in [0.2, 0.25) is 0 Å². The second kappa shape index (κ2) is 8.33. The smallest absolute Gasteiger partial charge is 0.324 e. The number of nitrogens with zero attached hydrogens (tertiary/aromatic N) is 3. The highest BCUT2D eigenvalue weighted by Gasteiger charge is 2.06. The fourth-order valence-corrected chi connectivity index (χ4v) is 2.05. The molecular weight excluding hydrogens is 310 g/mol. The minimum Gasteiger partial charge on any atom is -0.481 e. The van der Waals surface area contributed by atoms with Gasteiger partial charge in [-0.3, -0.25) is 14.8 Å². The number of urea groups is 1. The Morgan fingerprint density at radius 2 is 2.12 bits per heavy atom. The number of amides is 2. The highest BCUT2D eigenvalue weighted by Crippen LogP contribution is 2.13. The van der Waals surface area contributed by atoms with Crippen LogP contribution in [0.3, 0.4) is 0 Å². The van der Waals surface area contributed by atoms with Crippen LogP contribution in [-0.2, 0) is 17.8 Å². The van der Waals surface area contributed by atoms with Crippen LogP contribution in [-0.4, -0.2) is 26.9 Å². The molecule has 2 rings (SSSR count). The summed E-state index contributed by atoms with van der Waals surface area (Å²) in [6.45, 7) is 0.464. The minimum absolute atomic E-state index is 0.0375. The lowest BCUT2D eigenvalue weighted by atomic mass is 10.1. The van der Waals surface area contributed by atoms with Crippen molar-refractivity contribution < 1.29 is 14.7 Å². The van der Waals surface area contributed by atoms with Crippen molar-refractivity contribution in [2.75, 3.05) is 10.6 Å². The number of anilines is 2. The Hall–Kier alpha value is -3.34. The molecule has 3 N–H and O–H groups in total. The SMILES string of the molecule is N#CCCn1ccc(NC(=O)Nc2cccc(CCC(=O)O)c2)n1. The van der Waals surface area contributed by atoms with Gasteiger partial charge in [-0.25, -0.2) is 4.79 Å². The van der Waals surface area contributed by atoms with Crippen molar-refractivity contribution in [3.8, 4) is 6.07 Å². The molecule has 0 unspecified atom stereocenters. The van der Waals surface area contributed by atoms with Gasteiger partial charge >= 0.3 is 12.0 Å². The lowest BCUT2D eigenvalue weighted by Crippen LogP contribution is -2.20. The first-order valence-electron chi connectivity index (χ1n) is 7.36. The standard InChI is InChI=1S/C16H17N5O3/c17-8-2-9-21-10-7-14(20-21)19-16(24)18-13-4-1-3-12(11-13)5-6-15(22)23/h1,3-4,7,10-11H,2,5-6,9H2,(H,22,23)(H2,18,19,20,24). The van der Waals surface area contributed by atoms with Crippen LogP contribution in [0, 0.1) is 11.3 Å². The highest BCUT2D eigenvalue weighted by atomic mass is 16.4. The number of hydrogen-bond donors (Lipinski definition) is 3. The number of carbonyl (C=O) groups is 2. The molecule has 1 aromatic heterocycles. The summed E-state index contributed by atoms with van der Waals surface area (Å²) in [6, 6.07) is 10.2. The average molecular weight is 327 g/mol. The van der Waals surface area contributed by atoms with Gasteiger partial charge in [0.1, 0.15) is 0 Å². The lowest BCUT2D eigenvalue weighted by molar-refractivity contribution is -0.136. The molecule has 2 amide bonds. The quantitative estimate of drug-likeness (QED) is 0.721. The van der Waals surface area contributed by atoms with Crippen molar-refractivity contribution in [3.05, 3.63) is 42.1 Å². The van der Waals surface area contributed by atoms with Gasteiger partial charge < -0.3 is 10.4 Å². The molecule has 0 saturated heterocycles. The fourth-order valence-electron chi connectivity index (χ4n) is 2.05. The Kier molecular flexibility index (Phi) is 5.91. The number of nitriles is 1. The van der Waals surface area contributed by atoms with Gasteiger partial charge in [0, 0.05) is 24.4 Å². The summed E-state index contributed by atoms with van der Waals surface area (Å²) in [6.07, 6.45) is 2.46. The maximum atomic E-state index is 12.0. The summed E-state index contributed by atoms with van der Waals surface area (Å²) in [7, 11) is 0. The summed E-state index contributed by atoms with van der Waals surface area (Å²) in [5.74, 6) is -0.481. The summed E-state index contributed by atoms with van der Waals surface area (Å²) >= 11 is 0. The van der Waals surface area contributed by atoms with E-state index in [2.05, 4.69) is 15.7 Å². The predicted octanol–water partition coefficient (Wildman–Crippen LogP) is 2.46. The minimum atomic E-state index is -0.863. The zero-order valence-corrected chi connectivity index (χ0v) is 12.9. The third-order valence-corrected chi connectivity index (χ3v) is 3.15. The molecule has 1 aromatic carbocycles. The monoisotopic (exact) mass is 327 g/mol. The highest BCUT2D eigenvalue weighted by molar-refractivity contribution is 5.99. The lowest BCUT2D eigenvalue weighted by Gasteiger charge is -2.07. The van der Waals surface area contributed by atoms with Crippen molar-refractivity contribution in [1.82, 2.24) is 9.78 Å². The first-order chi connectivity index (χ1) is 11.6. The van der Waals surface area contributed by atoms with Crippen LogP contribution in [0.15, 0.2) is 36.5 Å². The summed E-state index contributed by atoms with van der Waals surface area (Å²) in [4.78, 5) is 22.6. The molecule has 0 bridgehead atoms. The molecule has 8 nitrogen and oxygen atoms in total. The van der Waals surface area contributed by atoms with Crippen LogP contribution < -0.4 is 10.6 Å². The van der Waals surface area contributed by atoms with Gasteiger partial charge in [-0.2, -0.15) is 10.4 Å². The third kappa shape index (κ3) is 5.46. The van der Waals surface area contributed by atoms with Gasteiger partial charge in [-0.05, 0) is 24.1 Å². The van der Waals surface area contributed by atoms with Crippen LogP contribution in [0.4, 0.5) is 16.3 Å². The molecule has 0 aliphatic heterocycles. The molecule has 0 fully saturated rings. The first kappa shape index (κ1) is 17.0. The molecule has 0 saturated carbocycles. The van der Waals surface area contributed by atoms with E-state index >= 15 is 0 Å². The van der Waals surface area contributed by atoms with Crippen LogP contribution >= 0.6 is 0 Å². The Balaban J connectivity index is 1.90. The van der Waals surface area contributed by atoms with Crippen molar-refractivity contribution in [2.24, 2.45) is 0 Å². The number of carboxylic acid groups (broad SMARTS) is 1. The Labute approximate surface area is 138 Å². The van der Waals surface area contributed by atoms with E-state index in [0.717, 1.165) is 5.56 Å². The molecule has 0 atom stereocenters. The van der Waals surface area contributed by atoms with Crippen LogP contribution in [0.2, 0.25) is 0 Å². The third-order valence-electron chi connectivity index (χ3n) is 3.15. The topological polar surface area (TPSA) is 120 Å². The number of rotatable bonds is 7. The first-order valence-corrected chi connectivity index (χ1v) is 7.36. The van der Waals surface area contributed by atoms with E-state index in [1.807, 2.05) is 12.1 Å². The normalized spacial score (nSPS) is 9.96.